The number of aromatic nitrogens is 2. The molecule has 1 aromatic heterocycles. The van der Waals surface area contributed by atoms with Gasteiger partial charge in [-0.05, 0) is 33.1 Å². The molecule has 1 aliphatic heterocycles. The van der Waals surface area contributed by atoms with Crippen LogP contribution in [0.5, 0.6) is 0 Å². The van der Waals surface area contributed by atoms with Crippen molar-refractivity contribution < 1.29 is 4.79 Å². The van der Waals surface area contributed by atoms with Gasteiger partial charge in [-0.15, -0.1) is 0 Å². The molecule has 0 aliphatic carbocycles. The van der Waals surface area contributed by atoms with E-state index in [-0.39, 0.29) is 11.8 Å². The smallest absolute Gasteiger partial charge is 0.220 e. The van der Waals surface area contributed by atoms with Crippen molar-refractivity contribution >= 4 is 17.5 Å². The molecule has 0 saturated carbocycles. The Morgan fingerprint density at radius 2 is 2.00 bits per heavy atom. The van der Waals surface area contributed by atoms with Gasteiger partial charge in [-0.1, -0.05) is 6.92 Å². The number of carbonyl (C=O) groups excluding carboxylic acids is 1. The van der Waals surface area contributed by atoms with E-state index in [2.05, 4.69) is 27.1 Å². The molecule has 0 radical (unpaired) electrons. The topological polar surface area (TPSA) is 84.1 Å². The summed E-state index contributed by atoms with van der Waals surface area (Å²) in [7, 11) is 0. The zero-order valence-corrected chi connectivity index (χ0v) is 13.1. The van der Waals surface area contributed by atoms with Crippen molar-refractivity contribution in [3.05, 3.63) is 11.4 Å². The van der Waals surface area contributed by atoms with E-state index in [0.29, 0.717) is 0 Å². The highest BCUT2D eigenvalue weighted by atomic mass is 16.1. The minimum absolute atomic E-state index is 0.00202. The van der Waals surface area contributed by atoms with Crippen LogP contribution in [-0.4, -0.2) is 35.5 Å². The minimum Gasteiger partial charge on any atom is -0.370 e. The van der Waals surface area contributed by atoms with E-state index in [9.17, 15) is 4.79 Å². The maximum atomic E-state index is 11.3. The van der Waals surface area contributed by atoms with Gasteiger partial charge in [-0.3, -0.25) is 4.79 Å². The molecule has 6 nitrogen and oxygen atoms in total. The summed E-state index contributed by atoms with van der Waals surface area (Å²) in [5, 5.41) is 3.36. The Labute approximate surface area is 126 Å². The fourth-order valence-electron chi connectivity index (χ4n) is 2.71. The van der Waals surface area contributed by atoms with Crippen molar-refractivity contribution in [3.8, 4) is 0 Å². The molecule has 1 aliphatic rings. The molecule has 2 heterocycles. The van der Waals surface area contributed by atoms with Crippen LogP contribution in [0.15, 0.2) is 0 Å². The second-order valence-electron chi connectivity index (χ2n) is 5.66. The Kier molecular flexibility index (Phi) is 4.98. The lowest BCUT2D eigenvalue weighted by Crippen LogP contribution is -2.39. The monoisotopic (exact) mass is 291 g/mol. The van der Waals surface area contributed by atoms with Gasteiger partial charge in [0, 0.05) is 31.1 Å². The molecule has 1 amide bonds. The summed E-state index contributed by atoms with van der Waals surface area (Å²) in [6.07, 6.45) is 2.66. The van der Waals surface area contributed by atoms with Gasteiger partial charge < -0.3 is 16.0 Å². The van der Waals surface area contributed by atoms with Crippen LogP contribution in [0.25, 0.3) is 0 Å². The third-order valence-electron chi connectivity index (χ3n) is 3.97. The number of amides is 1. The zero-order chi connectivity index (χ0) is 15.4. The lowest BCUT2D eigenvalue weighted by Gasteiger charge is -2.32. The van der Waals surface area contributed by atoms with Crippen LogP contribution in [0.1, 0.15) is 37.6 Å². The Morgan fingerprint density at radius 1 is 1.33 bits per heavy atom. The quantitative estimate of drug-likeness (QED) is 0.861. The SMILES string of the molecule is CCCNc1nc(C)nc(N2CCC(C(N)=O)CC2)c1C. The second-order valence-corrected chi connectivity index (χ2v) is 5.66. The number of piperidine rings is 1. The van der Waals surface area contributed by atoms with Gasteiger partial charge in [0.05, 0.1) is 0 Å². The number of rotatable bonds is 5. The molecule has 116 valence electrons. The highest BCUT2D eigenvalue weighted by molar-refractivity contribution is 5.77. The van der Waals surface area contributed by atoms with Crippen LogP contribution >= 0.6 is 0 Å². The van der Waals surface area contributed by atoms with E-state index in [0.717, 1.165) is 61.9 Å². The Bertz CT molecular complexity index is 509. The molecule has 0 spiro atoms. The average Bonchev–Trinajstić information content (AvgIpc) is 2.48. The first-order chi connectivity index (χ1) is 10.0. The molecule has 0 aromatic carbocycles. The number of carbonyl (C=O) groups is 1. The van der Waals surface area contributed by atoms with Gasteiger partial charge in [0.2, 0.25) is 5.91 Å². The summed E-state index contributed by atoms with van der Waals surface area (Å²) < 4.78 is 0. The summed E-state index contributed by atoms with van der Waals surface area (Å²) in [6, 6.07) is 0. The molecule has 1 fully saturated rings. The highest BCUT2D eigenvalue weighted by Crippen LogP contribution is 2.27. The van der Waals surface area contributed by atoms with Crippen LogP contribution < -0.4 is 16.0 Å². The maximum absolute atomic E-state index is 11.3. The number of hydrogen-bond donors (Lipinski definition) is 2. The third-order valence-corrected chi connectivity index (χ3v) is 3.97. The van der Waals surface area contributed by atoms with Gasteiger partial charge >= 0.3 is 0 Å². The van der Waals surface area contributed by atoms with Crippen molar-refractivity contribution in [1.82, 2.24) is 9.97 Å². The van der Waals surface area contributed by atoms with E-state index >= 15 is 0 Å². The van der Waals surface area contributed by atoms with E-state index < -0.39 is 0 Å². The molecule has 2 rings (SSSR count). The molecule has 1 aromatic rings. The van der Waals surface area contributed by atoms with Crippen LogP contribution in [0, 0.1) is 19.8 Å². The van der Waals surface area contributed by atoms with Crippen molar-refractivity contribution in [2.24, 2.45) is 11.7 Å². The van der Waals surface area contributed by atoms with Crippen molar-refractivity contribution in [2.45, 2.75) is 40.0 Å². The Balaban J connectivity index is 2.16. The number of hydrogen-bond acceptors (Lipinski definition) is 5. The molecule has 21 heavy (non-hydrogen) atoms. The predicted molar refractivity (Wildman–Crippen MR) is 84.4 cm³/mol. The summed E-state index contributed by atoms with van der Waals surface area (Å²) in [6.45, 7) is 8.63. The van der Waals surface area contributed by atoms with Gasteiger partial charge in [0.1, 0.15) is 17.5 Å². The number of primary amides is 1. The van der Waals surface area contributed by atoms with Crippen LogP contribution in [0.3, 0.4) is 0 Å². The number of aryl methyl sites for hydroxylation is 1. The van der Waals surface area contributed by atoms with Gasteiger partial charge in [-0.25, -0.2) is 9.97 Å². The molecule has 6 heteroatoms. The normalized spacial score (nSPS) is 16.0. The van der Waals surface area contributed by atoms with Crippen LogP contribution in [-0.2, 0) is 4.79 Å². The fourth-order valence-corrected chi connectivity index (χ4v) is 2.71. The molecule has 0 unspecified atom stereocenters. The predicted octanol–water partition coefficient (Wildman–Crippen LogP) is 1.62. The van der Waals surface area contributed by atoms with E-state index in [1.54, 1.807) is 0 Å². The van der Waals surface area contributed by atoms with E-state index in [4.69, 9.17) is 5.73 Å². The van der Waals surface area contributed by atoms with Crippen molar-refractivity contribution in [1.29, 1.82) is 0 Å². The number of nitrogens with zero attached hydrogens (tertiary/aromatic N) is 3. The van der Waals surface area contributed by atoms with Crippen molar-refractivity contribution in [2.75, 3.05) is 29.9 Å². The van der Waals surface area contributed by atoms with Gasteiger partial charge in [-0.2, -0.15) is 0 Å². The Morgan fingerprint density at radius 3 is 2.57 bits per heavy atom. The van der Waals surface area contributed by atoms with Gasteiger partial charge in [0.25, 0.3) is 0 Å². The lowest BCUT2D eigenvalue weighted by atomic mass is 9.96. The Hall–Kier alpha value is -1.85. The van der Waals surface area contributed by atoms with E-state index in [1.807, 2.05) is 13.8 Å². The molecule has 0 bridgehead atoms. The first kappa shape index (κ1) is 15.5. The first-order valence-corrected chi connectivity index (χ1v) is 7.66. The summed E-state index contributed by atoms with van der Waals surface area (Å²) in [4.78, 5) is 22.6. The fraction of sp³-hybridized carbons (Fsp3) is 0.667. The lowest BCUT2D eigenvalue weighted by molar-refractivity contribution is -0.122. The van der Waals surface area contributed by atoms with Crippen LogP contribution in [0.2, 0.25) is 0 Å². The van der Waals surface area contributed by atoms with Crippen LogP contribution in [0.4, 0.5) is 11.6 Å². The average molecular weight is 291 g/mol. The zero-order valence-electron chi connectivity index (χ0n) is 13.1. The number of anilines is 2. The molecule has 3 N–H and O–H groups in total. The number of nitrogens with two attached hydrogens (primary N) is 1. The summed E-state index contributed by atoms with van der Waals surface area (Å²) in [5.41, 5.74) is 6.47. The second kappa shape index (κ2) is 6.74. The maximum Gasteiger partial charge on any atom is 0.220 e. The first-order valence-electron chi connectivity index (χ1n) is 7.66. The molecular formula is C15H25N5O. The summed E-state index contributed by atoms with van der Waals surface area (Å²) in [5.74, 6) is 2.48. The minimum atomic E-state index is -0.185. The largest absolute Gasteiger partial charge is 0.370 e. The number of nitrogens with one attached hydrogen (secondary N) is 1. The highest BCUT2D eigenvalue weighted by Gasteiger charge is 2.25. The van der Waals surface area contributed by atoms with Gasteiger partial charge in [0.15, 0.2) is 0 Å². The molecular weight excluding hydrogens is 266 g/mol. The molecule has 0 atom stereocenters. The van der Waals surface area contributed by atoms with E-state index in [1.165, 1.54) is 0 Å². The standard InChI is InChI=1S/C15H25N5O/c1-4-7-17-14-10(2)15(19-11(3)18-14)20-8-5-12(6-9-20)13(16)21/h12H,4-9H2,1-3H3,(H2,16,21)(H,17,18,19). The summed E-state index contributed by atoms with van der Waals surface area (Å²) >= 11 is 0. The van der Waals surface area contributed by atoms with Crippen molar-refractivity contribution in [3.63, 3.8) is 0 Å². The molecule has 1 saturated heterocycles. The third kappa shape index (κ3) is 3.62.